The van der Waals surface area contributed by atoms with Crippen molar-refractivity contribution in [3.8, 4) is 0 Å². The van der Waals surface area contributed by atoms with E-state index in [1.807, 2.05) is 0 Å². The van der Waals surface area contributed by atoms with Crippen molar-refractivity contribution >= 4 is 11.9 Å². The minimum absolute atomic E-state index is 0.130. The summed E-state index contributed by atoms with van der Waals surface area (Å²) in [5, 5.41) is 0. The first-order valence-electron chi connectivity index (χ1n) is 5.80. The zero-order chi connectivity index (χ0) is 13.9. The summed E-state index contributed by atoms with van der Waals surface area (Å²) in [6.45, 7) is 0. The van der Waals surface area contributed by atoms with Crippen LogP contribution in [0.1, 0.15) is 24.0 Å². The van der Waals surface area contributed by atoms with Crippen molar-refractivity contribution in [2.24, 2.45) is 0 Å². The van der Waals surface area contributed by atoms with Crippen LogP contribution in [-0.2, 0) is 11.0 Å². The number of carbonyl (C=O) groups is 1. The number of rotatable bonds is 1. The Hall–Kier alpha value is -2.06. The van der Waals surface area contributed by atoms with Crippen LogP contribution in [0.25, 0.3) is 6.08 Å². The van der Waals surface area contributed by atoms with E-state index < -0.39 is 11.7 Å². The van der Waals surface area contributed by atoms with Crippen LogP contribution in [0, 0.1) is 0 Å². The molecule has 0 radical (unpaired) electrons. The Morgan fingerprint density at radius 2 is 2.05 bits per heavy atom. The Bertz CT molecular complexity index is 588. The molecule has 0 heterocycles. The van der Waals surface area contributed by atoms with Gasteiger partial charge in [0.25, 0.3) is 0 Å². The molecule has 1 aliphatic carbocycles. The largest absolute Gasteiger partial charge is 0.416 e. The summed E-state index contributed by atoms with van der Waals surface area (Å²) < 4.78 is 37.6. The molecule has 0 aliphatic heterocycles. The van der Waals surface area contributed by atoms with Gasteiger partial charge in [-0.2, -0.15) is 13.2 Å². The van der Waals surface area contributed by atoms with Gasteiger partial charge in [-0.15, -0.1) is 5.73 Å². The van der Waals surface area contributed by atoms with Crippen molar-refractivity contribution in [3.63, 3.8) is 0 Å². The first-order valence-corrected chi connectivity index (χ1v) is 5.80. The van der Waals surface area contributed by atoms with Crippen molar-refractivity contribution < 1.29 is 18.0 Å². The number of alkyl halides is 3. The molecule has 0 unspecified atom stereocenters. The molecule has 1 nitrogen and oxygen atoms in total. The van der Waals surface area contributed by atoms with E-state index in [0.29, 0.717) is 17.6 Å². The number of carbonyl (C=O) groups excluding carboxylic acids is 1. The SMILES string of the molecule is O=C1C=CCCC1=C=Cc1cccc(C(F)(F)F)c1. The average Bonchev–Trinajstić information content (AvgIpc) is 2.37. The molecule has 0 fully saturated rings. The van der Waals surface area contributed by atoms with Crippen LogP contribution >= 0.6 is 0 Å². The fraction of sp³-hybridized carbons (Fsp3) is 0.200. The standard InChI is InChI=1S/C15H11F3O/c16-15(17,18)13-6-3-4-11(10-13)8-9-12-5-1-2-7-14(12)19/h2-4,6-8,10H,1,5H2. The summed E-state index contributed by atoms with van der Waals surface area (Å²) in [5.41, 5.74) is 2.96. The Morgan fingerprint density at radius 3 is 2.74 bits per heavy atom. The average molecular weight is 264 g/mol. The Labute approximate surface area is 108 Å². The van der Waals surface area contributed by atoms with E-state index in [-0.39, 0.29) is 5.78 Å². The first kappa shape index (κ1) is 13.4. The fourth-order valence-electron chi connectivity index (χ4n) is 1.76. The fourth-order valence-corrected chi connectivity index (χ4v) is 1.76. The molecule has 0 N–H and O–H groups in total. The van der Waals surface area contributed by atoms with Gasteiger partial charge in [0.05, 0.1) is 5.56 Å². The van der Waals surface area contributed by atoms with E-state index >= 15 is 0 Å². The quantitative estimate of drug-likeness (QED) is 0.549. The highest BCUT2D eigenvalue weighted by Crippen LogP contribution is 2.29. The van der Waals surface area contributed by atoms with E-state index in [4.69, 9.17) is 0 Å². The van der Waals surface area contributed by atoms with Gasteiger partial charge in [-0.1, -0.05) is 18.2 Å². The molecule has 0 aromatic heterocycles. The molecular formula is C15H11F3O. The number of hydrogen-bond donors (Lipinski definition) is 0. The zero-order valence-electron chi connectivity index (χ0n) is 10.00. The second kappa shape index (κ2) is 5.29. The molecule has 0 saturated carbocycles. The predicted molar refractivity (Wildman–Crippen MR) is 66.3 cm³/mol. The zero-order valence-corrected chi connectivity index (χ0v) is 10.00. The number of hydrogen-bond acceptors (Lipinski definition) is 1. The van der Waals surface area contributed by atoms with Crippen LogP contribution in [0.3, 0.4) is 0 Å². The number of allylic oxidation sites excluding steroid dienone is 3. The second-order valence-corrected chi connectivity index (χ2v) is 4.20. The number of benzene rings is 1. The molecule has 0 spiro atoms. The third-order valence-corrected chi connectivity index (χ3v) is 2.75. The van der Waals surface area contributed by atoms with Gasteiger partial charge in [-0.05, 0) is 42.7 Å². The Balaban J connectivity index is 2.31. The second-order valence-electron chi connectivity index (χ2n) is 4.20. The molecule has 0 amide bonds. The van der Waals surface area contributed by atoms with Crippen molar-refractivity contribution in [2.75, 3.05) is 0 Å². The molecule has 19 heavy (non-hydrogen) atoms. The highest BCUT2D eigenvalue weighted by molar-refractivity contribution is 6.04. The van der Waals surface area contributed by atoms with Gasteiger partial charge in [0.2, 0.25) is 0 Å². The highest BCUT2D eigenvalue weighted by Gasteiger charge is 2.30. The lowest BCUT2D eigenvalue weighted by atomic mass is 10.0. The summed E-state index contributed by atoms with van der Waals surface area (Å²) in [7, 11) is 0. The molecule has 0 atom stereocenters. The van der Waals surface area contributed by atoms with Gasteiger partial charge < -0.3 is 0 Å². The molecule has 1 aromatic carbocycles. The summed E-state index contributed by atoms with van der Waals surface area (Å²) in [5.74, 6) is -0.130. The van der Waals surface area contributed by atoms with Crippen LogP contribution in [0.15, 0.2) is 47.7 Å². The molecule has 0 bridgehead atoms. The minimum Gasteiger partial charge on any atom is -0.289 e. The number of halogens is 3. The third-order valence-electron chi connectivity index (χ3n) is 2.75. The van der Waals surface area contributed by atoms with Crippen LogP contribution in [0.4, 0.5) is 13.2 Å². The van der Waals surface area contributed by atoms with Crippen LogP contribution in [-0.4, -0.2) is 5.78 Å². The van der Waals surface area contributed by atoms with Crippen LogP contribution in [0.2, 0.25) is 0 Å². The Kier molecular flexibility index (Phi) is 3.72. The first-order chi connectivity index (χ1) is 8.97. The molecule has 98 valence electrons. The smallest absolute Gasteiger partial charge is 0.289 e. The summed E-state index contributed by atoms with van der Waals surface area (Å²) in [6, 6.07) is 4.94. The van der Waals surface area contributed by atoms with Gasteiger partial charge >= 0.3 is 6.18 Å². The molecule has 2 rings (SSSR count). The minimum atomic E-state index is -4.36. The highest BCUT2D eigenvalue weighted by atomic mass is 19.4. The predicted octanol–water partition coefficient (Wildman–Crippen LogP) is 4.16. The van der Waals surface area contributed by atoms with Gasteiger partial charge in [-0.25, -0.2) is 0 Å². The Morgan fingerprint density at radius 1 is 1.26 bits per heavy atom. The van der Waals surface area contributed by atoms with Gasteiger partial charge in [0.1, 0.15) is 0 Å². The van der Waals surface area contributed by atoms with Crippen molar-refractivity contribution in [1.29, 1.82) is 0 Å². The van der Waals surface area contributed by atoms with Crippen molar-refractivity contribution in [2.45, 2.75) is 19.0 Å². The van der Waals surface area contributed by atoms with E-state index in [9.17, 15) is 18.0 Å². The van der Waals surface area contributed by atoms with E-state index in [2.05, 4.69) is 5.73 Å². The lowest BCUT2D eigenvalue weighted by molar-refractivity contribution is -0.137. The third kappa shape index (κ3) is 3.46. The molecule has 4 heteroatoms. The number of ketones is 1. The lowest BCUT2D eigenvalue weighted by Crippen LogP contribution is -2.04. The topological polar surface area (TPSA) is 17.1 Å². The maximum Gasteiger partial charge on any atom is 0.416 e. The van der Waals surface area contributed by atoms with E-state index in [0.717, 1.165) is 18.6 Å². The summed E-state index contributed by atoms with van der Waals surface area (Å²) in [4.78, 5) is 11.5. The molecule has 1 aromatic rings. The van der Waals surface area contributed by atoms with Crippen LogP contribution in [0.5, 0.6) is 0 Å². The molecule has 0 saturated heterocycles. The van der Waals surface area contributed by atoms with E-state index in [1.54, 1.807) is 12.1 Å². The molecule has 1 aliphatic rings. The van der Waals surface area contributed by atoms with Crippen molar-refractivity contribution in [1.82, 2.24) is 0 Å². The normalized spacial score (nSPS) is 15.3. The van der Waals surface area contributed by atoms with Crippen molar-refractivity contribution in [3.05, 3.63) is 58.8 Å². The maximum absolute atomic E-state index is 12.5. The van der Waals surface area contributed by atoms with Gasteiger partial charge in [0, 0.05) is 5.57 Å². The maximum atomic E-state index is 12.5. The van der Waals surface area contributed by atoms with Gasteiger partial charge in [-0.3, -0.25) is 4.79 Å². The monoisotopic (exact) mass is 264 g/mol. The molecular weight excluding hydrogens is 253 g/mol. The van der Waals surface area contributed by atoms with E-state index in [1.165, 1.54) is 18.2 Å². The van der Waals surface area contributed by atoms with Gasteiger partial charge in [0.15, 0.2) is 5.78 Å². The summed E-state index contributed by atoms with van der Waals surface area (Å²) in [6.07, 6.45) is 1.63. The summed E-state index contributed by atoms with van der Waals surface area (Å²) >= 11 is 0. The van der Waals surface area contributed by atoms with Crippen LogP contribution < -0.4 is 0 Å². The lowest BCUT2D eigenvalue weighted by Gasteiger charge is -2.06.